The maximum Gasteiger partial charge on any atom is 2.00 e. The molecule has 7 heteroatoms. The normalized spacial score (nSPS) is 13.6. The van der Waals surface area contributed by atoms with Crippen LogP contribution in [0.2, 0.25) is 0 Å². The summed E-state index contributed by atoms with van der Waals surface area (Å²) in [6.45, 7) is 5.77. The summed E-state index contributed by atoms with van der Waals surface area (Å²) >= 11 is 0. The van der Waals surface area contributed by atoms with Crippen LogP contribution in [0.3, 0.4) is 0 Å². The molecule has 6 rings (SSSR count). The van der Waals surface area contributed by atoms with Crippen LogP contribution in [0.4, 0.5) is 5.69 Å². The minimum absolute atomic E-state index is 0. The van der Waals surface area contributed by atoms with Crippen LogP contribution >= 0.6 is 0 Å². The molecule has 2 aromatic carbocycles. The molecular formula is C24H21N5OPt. The van der Waals surface area contributed by atoms with Crippen molar-refractivity contribution in [1.29, 1.82) is 0 Å². The van der Waals surface area contributed by atoms with Crippen molar-refractivity contribution in [2.24, 2.45) is 0 Å². The maximum atomic E-state index is 6.19. The molecule has 4 aromatic rings. The predicted octanol–water partition coefficient (Wildman–Crippen LogP) is 4.38. The number of ether oxygens (including phenoxy) is 1. The zero-order valence-corrected chi connectivity index (χ0v) is 19.8. The Labute approximate surface area is 195 Å². The molecule has 0 radical (unpaired) electrons. The van der Waals surface area contributed by atoms with Crippen molar-refractivity contribution in [2.75, 3.05) is 11.9 Å². The topological polar surface area (TPSA) is 48.1 Å². The van der Waals surface area contributed by atoms with Gasteiger partial charge in [0.1, 0.15) is 0 Å². The largest absolute Gasteiger partial charge is 2.00 e. The minimum atomic E-state index is 0. The summed E-state index contributed by atoms with van der Waals surface area (Å²) in [6.07, 6.45) is 5.14. The van der Waals surface area contributed by atoms with Gasteiger partial charge in [0.05, 0.1) is 18.3 Å². The van der Waals surface area contributed by atoms with E-state index in [0.29, 0.717) is 11.5 Å². The van der Waals surface area contributed by atoms with E-state index in [1.165, 1.54) is 5.56 Å². The van der Waals surface area contributed by atoms with Crippen molar-refractivity contribution in [1.82, 2.24) is 19.1 Å². The summed E-state index contributed by atoms with van der Waals surface area (Å²) in [5.41, 5.74) is 6.37. The SMILES string of the molecule is Cc1cn2c(n1)-c1[c-]c(Oc3[c-]c4c(cc3)N(C)Cn3cc(C)nc3-4)ccc1CC2.[Pt+2]. The van der Waals surface area contributed by atoms with Crippen LogP contribution in [0.15, 0.2) is 36.7 Å². The Morgan fingerprint density at radius 1 is 0.871 bits per heavy atom. The van der Waals surface area contributed by atoms with E-state index in [4.69, 9.17) is 9.72 Å². The van der Waals surface area contributed by atoms with Gasteiger partial charge in [-0.3, -0.25) is 9.97 Å². The van der Waals surface area contributed by atoms with E-state index in [1.807, 2.05) is 26.0 Å². The zero-order valence-electron chi connectivity index (χ0n) is 17.5. The number of aryl methyl sites for hydroxylation is 4. The average Bonchev–Trinajstić information content (AvgIpc) is 3.29. The van der Waals surface area contributed by atoms with Gasteiger partial charge in [-0.1, -0.05) is 23.8 Å². The molecule has 31 heavy (non-hydrogen) atoms. The maximum absolute atomic E-state index is 6.19. The number of rotatable bonds is 2. The van der Waals surface area contributed by atoms with E-state index in [1.54, 1.807) is 0 Å². The van der Waals surface area contributed by atoms with Crippen molar-refractivity contribution >= 4 is 5.69 Å². The molecule has 0 fully saturated rings. The van der Waals surface area contributed by atoms with Crippen molar-refractivity contribution < 1.29 is 25.8 Å². The van der Waals surface area contributed by atoms with E-state index in [0.717, 1.165) is 59.5 Å². The summed E-state index contributed by atoms with van der Waals surface area (Å²) in [7, 11) is 2.08. The molecule has 0 spiro atoms. The van der Waals surface area contributed by atoms with Crippen LogP contribution in [0.5, 0.6) is 11.5 Å². The van der Waals surface area contributed by atoms with Gasteiger partial charge in [-0.05, 0) is 33.0 Å². The second-order valence-electron chi connectivity index (χ2n) is 8.07. The monoisotopic (exact) mass is 590 g/mol. The van der Waals surface area contributed by atoms with Crippen LogP contribution in [0.1, 0.15) is 17.0 Å². The van der Waals surface area contributed by atoms with E-state index in [9.17, 15) is 0 Å². The Bertz CT molecular complexity index is 1310. The molecule has 0 bridgehead atoms. The molecule has 0 saturated carbocycles. The molecule has 0 unspecified atom stereocenters. The summed E-state index contributed by atoms with van der Waals surface area (Å²) in [6, 6.07) is 15.0. The summed E-state index contributed by atoms with van der Waals surface area (Å²) in [5.74, 6) is 3.22. The zero-order chi connectivity index (χ0) is 20.4. The third kappa shape index (κ3) is 3.30. The van der Waals surface area contributed by atoms with Crippen molar-refractivity contribution in [2.45, 2.75) is 33.5 Å². The van der Waals surface area contributed by atoms with Crippen molar-refractivity contribution in [3.63, 3.8) is 0 Å². The molecule has 2 aliphatic rings. The first kappa shape index (κ1) is 20.1. The van der Waals surface area contributed by atoms with E-state index in [2.05, 4.69) is 62.7 Å². The van der Waals surface area contributed by atoms with Gasteiger partial charge in [0, 0.05) is 41.8 Å². The van der Waals surface area contributed by atoms with Crippen molar-refractivity contribution in [3.05, 3.63) is 65.7 Å². The van der Waals surface area contributed by atoms with Crippen LogP contribution in [0.25, 0.3) is 22.8 Å². The van der Waals surface area contributed by atoms with Gasteiger partial charge in [-0.15, -0.1) is 29.3 Å². The number of aromatic nitrogens is 4. The van der Waals surface area contributed by atoms with Gasteiger partial charge < -0.3 is 18.8 Å². The number of hydrogen-bond acceptors (Lipinski definition) is 4. The third-order valence-electron chi connectivity index (χ3n) is 5.76. The van der Waals surface area contributed by atoms with Gasteiger partial charge in [0.25, 0.3) is 0 Å². The fourth-order valence-corrected chi connectivity index (χ4v) is 4.42. The average molecular weight is 591 g/mol. The van der Waals surface area contributed by atoms with Crippen LogP contribution in [0, 0.1) is 26.0 Å². The molecule has 4 heterocycles. The Morgan fingerprint density at radius 3 is 2.29 bits per heavy atom. The van der Waals surface area contributed by atoms with Gasteiger partial charge in [-0.25, -0.2) is 0 Å². The molecule has 0 aliphatic carbocycles. The Morgan fingerprint density at radius 2 is 1.52 bits per heavy atom. The summed E-state index contributed by atoms with van der Waals surface area (Å²) in [5, 5.41) is 0. The number of anilines is 1. The Kier molecular flexibility index (Phi) is 4.78. The first-order valence-corrected chi connectivity index (χ1v) is 10.1. The Balaban J connectivity index is 0.00000204. The van der Waals surface area contributed by atoms with Gasteiger partial charge in [0.2, 0.25) is 0 Å². The summed E-state index contributed by atoms with van der Waals surface area (Å²) < 4.78 is 10.5. The molecule has 2 aromatic heterocycles. The van der Waals surface area contributed by atoms with Crippen LogP contribution in [-0.4, -0.2) is 26.1 Å². The van der Waals surface area contributed by atoms with Crippen LogP contribution in [-0.2, 0) is 40.7 Å². The fourth-order valence-electron chi connectivity index (χ4n) is 4.42. The Hall–Kier alpha value is -2.85. The molecule has 6 nitrogen and oxygen atoms in total. The minimum Gasteiger partial charge on any atom is -0.497 e. The third-order valence-corrected chi connectivity index (χ3v) is 5.76. The second-order valence-corrected chi connectivity index (χ2v) is 8.07. The smallest absolute Gasteiger partial charge is 0.497 e. The quantitative estimate of drug-likeness (QED) is 0.326. The molecular weight excluding hydrogens is 569 g/mol. The number of fused-ring (bicyclic) bond motifs is 6. The van der Waals surface area contributed by atoms with Crippen molar-refractivity contribution in [3.8, 4) is 34.3 Å². The van der Waals surface area contributed by atoms with Gasteiger partial charge in [0.15, 0.2) is 0 Å². The standard InChI is InChI=1S/C24H21N5O.Pt/c1-15-12-28-9-8-17-4-5-18(10-20(17)23(28)25-15)30-19-6-7-22-21(11-19)24-26-16(2)13-29(24)14-27(22)3;/h4-7,12-13H,8-9,14H2,1-3H3;/q-2;+2. The second kappa shape index (κ2) is 7.38. The molecule has 158 valence electrons. The van der Waals surface area contributed by atoms with E-state index < -0.39 is 0 Å². The molecule has 0 N–H and O–H groups in total. The van der Waals surface area contributed by atoms with Crippen LogP contribution < -0.4 is 9.64 Å². The molecule has 0 saturated heterocycles. The van der Waals surface area contributed by atoms with E-state index >= 15 is 0 Å². The molecule has 0 atom stereocenters. The summed E-state index contributed by atoms with van der Waals surface area (Å²) in [4.78, 5) is 11.6. The molecule has 2 aliphatic heterocycles. The number of imidazole rings is 2. The van der Waals surface area contributed by atoms with E-state index in [-0.39, 0.29) is 21.1 Å². The number of hydrogen-bond donors (Lipinski definition) is 0. The predicted molar refractivity (Wildman–Crippen MR) is 115 cm³/mol. The first-order valence-electron chi connectivity index (χ1n) is 10.1. The number of nitrogens with zero attached hydrogens (tertiary/aromatic N) is 5. The molecule has 0 amide bonds. The fraction of sp³-hybridized carbons (Fsp3) is 0.250. The van der Waals surface area contributed by atoms with Gasteiger partial charge in [-0.2, -0.15) is 0 Å². The first-order chi connectivity index (χ1) is 14.5. The number of benzene rings is 2. The van der Waals surface area contributed by atoms with Gasteiger partial charge >= 0.3 is 21.1 Å².